The van der Waals surface area contributed by atoms with Crippen LogP contribution in [0.2, 0.25) is 0 Å². The number of methoxy groups -OCH3 is 2. The Bertz CT molecular complexity index is 189. The van der Waals surface area contributed by atoms with Crippen LogP contribution in [0.25, 0.3) is 0 Å². The maximum Gasteiger partial charge on any atom is 0.171 e. The molecule has 1 fully saturated rings. The van der Waals surface area contributed by atoms with Crippen molar-refractivity contribution in [1.29, 1.82) is 0 Å². The predicted molar refractivity (Wildman–Crippen MR) is 71.1 cm³/mol. The highest BCUT2D eigenvalue weighted by Gasteiger charge is 2.25. The van der Waals surface area contributed by atoms with E-state index in [0.29, 0.717) is 6.04 Å². The molecule has 1 aliphatic carbocycles. The van der Waals surface area contributed by atoms with Crippen LogP contribution in [0.3, 0.4) is 0 Å². The molecule has 2 unspecified atom stereocenters. The minimum atomic E-state index is -0.146. The van der Waals surface area contributed by atoms with E-state index in [0.717, 1.165) is 5.92 Å². The lowest BCUT2D eigenvalue weighted by Crippen LogP contribution is -2.48. The highest BCUT2D eigenvalue weighted by molar-refractivity contribution is 4.81. The van der Waals surface area contributed by atoms with Crippen LogP contribution in [0.4, 0.5) is 0 Å². The zero-order valence-electron chi connectivity index (χ0n) is 11.9. The van der Waals surface area contributed by atoms with Crippen LogP contribution in [0.5, 0.6) is 0 Å². The van der Waals surface area contributed by atoms with E-state index in [4.69, 9.17) is 9.47 Å². The van der Waals surface area contributed by atoms with E-state index in [9.17, 15) is 0 Å². The summed E-state index contributed by atoms with van der Waals surface area (Å²) in [6.45, 7) is 4.41. The highest BCUT2D eigenvalue weighted by Crippen LogP contribution is 2.28. The summed E-state index contributed by atoms with van der Waals surface area (Å²) >= 11 is 0. The fraction of sp³-hybridized carbons (Fsp3) is 1.00. The van der Waals surface area contributed by atoms with E-state index in [1.165, 1.54) is 38.5 Å². The summed E-state index contributed by atoms with van der Waals surface area (Å²) < 4.78 is 10.6. The van der Waals surface area contributed by atoms with Crippen LogP contribution in [0, 0.1) is 5.92 Å². The van der Waals surface area contributed by atoms with E-state index in [1.807, 2.05) is 0 Å². The van der Waals surface area contributed by atoms with E-state index in [2.05, 4.69) is 19.2 Å². The number of nitrogens with one attached hydrogen (secondary N) is 1. The molecule has 0 spiro atoms. The highest BCUT2D eigenvalue weighted by atomic mass is 16.7. The van der Waals surface area contributed by atoms with E-state index < -0.39 is 0 Å². The van der Waals surface area contributed by atoms with Crippen molar-refractivity contribution >= 4 is 0 Å². The summed E-state index contributed by atoms with van der Waals surface area (Å²) in [5.74, 6) is 0.838. The first-order valence-corrected chi connectivity index (χ1v) is 7.04. The van der Waals surface area contributed by atoms with Gasteiger partial charge in [-0.15, -0.1) is 0 Å². The van der Waals surface area contributed by atoms with Gasteiger partial charge < -0.3 is 14.8 Å². The molecular formula is C14H29NO2. The second-order valence-corrected chi connectivity index (χ2v) is 5.21. The van der Waals surface area contributed by atoms with Gasteiger partial charge in [0.1, 0.15) is 0 Å². The fourth-order valence-electron chi connectivity index (χ4n) is 3.04. The summed E-state index contributed by atoms with van der Waals surface area (Å²) in [5.41, 5.74) is 0. The number of hydrogen-bond acceptors (Lipinski definition) is 3. The van der Waals surface area contributed by atoms with Gasteiger partial charge in [-0.05, 0) is 32.1 Å². The summed E-state index contributed by atoms with van der Waals surface area (Å²) in [5, 5.41) is 3.69. The van der Waals surface area contributed by atoms with Crippen molar-refractivity contribution in [2.45, 2.75) is 70.7 Å². The Morgan fingerprint density at radius 3 is 2.18 bits per heavy atom. The topological polar surface area (TPSA) is 30.5 Å². The molecule has 0 bridgehead atoms. The van der Waals surface area contributed by atoms with Gasteiger partial charge in [0, 0.05) is 20.3 Å². The average molecular weight is 243 g/mol. The molecular weight excluding hydrogens is 214 g/mol. The predicted octanol–water partition coefficient (Wildman–Crippen LogP) is 2.94. The lowest BCUT2D eigenvalue weighted by atomic mass is 9.82. The second-order valence-electron chi connectivity index (χ2n) is 5.21. The first kappa shape index (κ1) is 14.9. The molecule has 0 aliphatic heterocycles. The number of rotatable bonds is 7. The van der Waals surface area contributed by atoms with Gasteiger partial charge >= 0.3 is 0 Å². The first-order valence-electron chi connectivity index (χ1n) is 7.04. The molecule has 2 atom stereocenters. The average Bonchev–Trinajstić information content (AvgIpc) is 2.38. The molecule has 102 valence electrons. The molecule has 1 N–H and O–H groups in total. The van der Waals surface area contributed by atoms with Crippen LogP contribution in [-0.4, -0.2) is 32.6 Å². The third-order valence-corrected chi connectivity index (χ3v) is 4.01. The second kappa shape index (κ2) is 8.06. The van der Waals surface area contributed by atoms with Crippen molar-refractivity contribution in [2.75, 3.05) is 14.2 Å². The third kappa shape index (κ3) is 4.57. The van der Waals surface area contributed by atoms with Crippen LogP contribution < -0.4 is 5.32 Å². The van der Waals surface area contributed by atoms with Gasteiger partial charge in [-0.1, -0.05) is 26.2 Å². The minimum Gasteiger partial charge on any atom is -0.354 e. The van der Waals surface area contributed by atoms with Gasteiger partial charge in [0.15, 0.2) is 6.29 Å². The molecule has 0 radical (unpaired) electrons. The monoisotopic (exact) mass is 243 g/mol. The Balaban J connectivity index is 2.44. The Kier molecular flexibility index (Phi) is 7.09. The van der Waals surface area contributed by atoms with Crippen LogP contribution in [0.1, 0.15) is 52.4 Å². The maximum absolute atomic E-state index is 5.31. The number of ether oxygens (including phenoxy) is 2. The SMILES string of the molecule is CCC(NC(C)C(OC)OC)C1CCCCC1. The number of hydrogen-bond donors (Lipinski definition) is 1. The summed E-state index contributed by atoms with van der Waals surface area (Å²) in [7, 11) is 3.40. The van der Waals surface area contributed by atoms with Gasteiger partial charge in [-0.2, -0.15) is 0 Å². The van der Waals surface area contributed by atoms with Gasteiger partial charge in [0.2, 0.25) is 0 Å². The van der Waals surface area contributed by atoms with E-state index in [-0.39, 0.29) is 12.3 Å². The van der Waals surface area contributed by atoms with Crippen LogP contribution in [0.15, 0.2) is 0 Å². The fourth-order valence-corrected chi connectivity index (χ4v) is 3.04. The molecule has 3 heteroatoms. The lowest BCUT2D eigenvalue weighted by molar-refractivity contribution is -0.122. The summed E-state index contributed by atoms with van der Waals surface area (Å²) in [6.07, 6.45) is 8.01. The molecule has 0 aromatic heterocycles. The Labute approximate surface area is 106 Å². The van der Waals surface area contributed by atoms with Crippen molar-refractivity contribution in [1.82, 2.24) is 5.32 Å². The van der Waals surface area contributed by atoms with Gasteiger partial charge in [-0.3, -0.25) is 0 Å². The van der Waals surface area contributed by atoms with Gasteiger partial charge in [0.25, 0.3) is 0 Å². The molecule has 0 amide bonds. The minimum absolute atomic E-state index is 0.146. The molecule has 17 heavy (non-hydrogen) atoms. The summed E-state index contributed by atoms with van der Waals surface area (Å²) in [4.78, 5) is 0. The van der Waals surface area contributed by atoms with Crippen molar-refractivity contribution in [3.05, 3.63) is 0 Å². The van der Waals surface area contributed by atoms with Crippen LogP contribution >= 0.6 is 0 Å². The quantitative estimate of drug-likeness (QED) is 0.697. The van der Waals surface area contributed by atoms with Crippen LogP contribution in [-0.2, 0) is 9.47 Å². The van der Waals surface area contributed by atoms with Gasteiger partial charge in [0.05, 0.1) is 6.04 Å². The maximum atomic E-state index is 5.31. The van der Waals surface area contributed by atoms with E-state index in [1.54, 1.807) is 14.2 Å². The smallest absolute Gasteiger partial charge is 0.171 e. The zero-order valence-corrected chi connectivity index (χ0v) is 11.9. The lowest BCUT2D eigenvalue weighted by Gasteiger charge is -2.34. The Hall–Kier alpha value is -0.120. The molecule has 0 saturated heterocycles. The van der Waals surface area contributed by atoms with E-state index >= 15 is 0 Å². The zero-order chi connectivity index (χ0) is 12.7. The molecule has 0 aromatic carbocycles. The Morgan fingerprint density at radius 2 is 1.71 bits per heavy atom. The molecule has 0 heterocycles. The molecule has 3 nitrogen and oxygen atoms in total. The molecule has 1 rings (SSSR count). The largest absolute Gasteiger partial charge is 0.354 e. The molecule has 0 aromatic rings. The molecule has 1 aliphatic rings. The standard InChI is InChI=1S/C14H29NO2/c1-5-13(12-9-7-6-8-10-12)15-11(2)14(16-3)17-4/h11-15H,5-10H2,1-4H3. The normalized spacial score (nSPS) is 21.7. The first-order chi connectivity index (χ1) is 8.22. The molecule has 1 saturated carbocycles. The Morgan fingerprint density at radius 1 is 1.12 bits per heavy atom. The third-order valence-electron chi connectivity index (χ3n) is 4.01. The van der Waals surface area contributed by atoms with Crippen molar-refractivity contribution in [3.8, 4) is 0 Å². The van der Waals surface area contributed by atoms with Crippen molar-refractivity contribution in [3.63, 3.8) is 0 Å². The van der Waals surface area contributed by atoms with Crippen molar-refractivity contribution in [2.24, 2.45) is 5.92 Å². The van der Waals surface area contributed by atoms with Crippen molar-refractivity contribution < 1.29 is 9.47 Å². The van der Waals surface area contributed by atoms with Gasteiger partial charge in [-0.25, -0.2) is 0 Å². The summed E-state index contributed by atoms with van der Waals surface area (Å²) in [6, 6.07) is 0.856.